The number of anilines is 2. The van der Waals surface area contributed by atoms with E-state index in [9.17, 15) is 9.18 Å². The average molecular weight is 286 g/mol. The highest BCUT2D eigenvalue weighted by atomic mass is 19.1. The molecule has 2 aromatic carbocycles. The van der Waals surface area contributed by atoms with E-state index in [0.29, 0.717) is 0 Å². The number of amides is 1. The quantitative estimate of drug-likeness (QED) is 0.909. The van der Waals surface area contributed by atoms with Gasteiger partial charge in [0.2, 0.25) is 5.91 Å². The van der Waals surface area contributed by atoms with Gasteiger partial charge in [0.25, 0.3) is 0 Å². The molecule has 4 heteroatoms. The van der Waals surface area contributed by atoms with Gasteiger partial charge >= 0.3 is 0 Å². The molecule has 0 spiro atoms. The fraction of sp³-hybridized carbons (Fsp3) is 0.235. The van der Waals surface area contributed by atoms with Crippen LogP contribution in [0.25, 0.3) is 0 Å². The molecule has 0 aromatic heterocycles. The normalized spacial score (nSPS) is 10.5. The Morgan fingerprint density at radius 3 is 2.29 bits per heavy atom. The molecule has 110 valence electrons. The molecule has 3 nitrogen and oxygen atoms in total. The van der Waals surface area contributed by atoms with Crippen LogP contribution in [-0.4, -0.2) is 18.5 Å². The highest BCUT2D eigenvalue weighted by molar-refractivity contribution is 5.94. The number of nitrogens with one attached hydrogen (secondary N) is 1. The molecule has 0 radical (unpaired) electrons. The molecule has 0 fully saturated rings. The first-order valence-corrected chi connectivity index (χ1v) is 6.93. The van der Waals surface area contributed by atoms with Gasteiger partial charge in [-0.05, 0) is 50.2 Å². The van der Waals surface area contributed by atoms with Crippen LogP contribution in [0, 0.1) is 5.82 Å². The monoisotopic (exact) mass is 286 g/mol. The molecule has 0 bridgehead atoms. The zero-order chi connectivity index (χ0) is 15.2. The lowest BCUT2D eigenvalue weighted by Crippen LogP contribution is -2.38. The molecular formula is C17H19FN2O. The second-order valence-corrected chi connectivity index (χ2v) is 5.11. The van der Waals surface area contributed by atoms with E-state index in [2.05, 4.69) is 5.32 Å². The molecule has 0 aliphatic rings. The minimum Gasteiger partial charge on any atom is -0.360 e. The average Bonchev–Trinajstić information content (AvgIpc) is 2.47. The van der Waals surface area contributed by atoms with Gasteiger partial charge < -0.3 is 10.2 Å². The molecule has 1 amide bonds. The first-order valence-electron chi connectivity index (χ1n) is 6.93. The Balaban J connectivity index is 2.06. The number of carbonyl (C=O) groups is 1. The third-order valence-electron chi connectivity index (χ3n) is 3.15. The molecule has 2 aromatic rings. The van der Waals surface area contributed by atoms with Crippen molar-refractivity contribution < 1.29 is 9.18 Å². The third kappa shape index (κ3) is 4.31. The molecule has 21 heavy (non-hydrogen) atoms. The second-order valence-electron chi connectivity index (χ2n) is 5.11. The molecular weight excluding hydrogens is 267 g/mol. The second kappa shape index (κ2) is 6.88. The number of rotatable bonds is 5. The van der Waals surface area contributed by atoms with Crippen molar-refractivity contribution >= 4 is 17.3 Å². The number of carbonyl (C=O) groups excluding carboxylic acids is 1. The van der Waals surface area contributed by atoms with E-state index in [1.807, 2.05) is 49.1 Å². The van der Waals surface area contributed by atoms with E-state index in [1.54, 1.807) is 12.1 Å². The van der Waals surface area contributed by atoms with Gasteiger partial charge in [-0.1, -0.05) is 18.2 Å². The molecule has 1 N–H and O–H groups in total. The van der Waals surface area contributed by atoms with Crippen LogP contribution in [0.15, 0.2) is 54.6 Å². The summed E-state index contributed by atoms with van der Waals surface area (Å²) in [6.45, 7) is 4.22. The summed E-state index contributed by atoms with van der Waals surface area (Å²) >= 11 is 0. The standard InChI is InChI=1S/C17H19FN2O/c1-13(2)20(16-10-8-14(18)9-11-16)12-17(21)19-15-6-4-3-5-7-15/h3-11,13H,12H2,1-2H3,(H,19,21). The van der Waals surface area contributed by atoms with Gasteiger partial charge in [-0.25, -0.2) is 4.39 Å². The van der Waals surface area contributed by atoms with Crippen LogP contribution in [0.3, 0.4) is 0 Å². The van der Waals surface area contributed by atoms with E-state index < -0.39 is 0 Å². The molecule has 2 rings (SSSR count). The predicted molar refractivity (Wildman–Crippen MR) is 84.0 cm³/mol. The minimum absolute atomic E-state index is 0.0979. The van der Waals surface area contributed by atoms with Crippen LogP contribution in [-0.2, 0) is 4.79 Å². The highest BCUT2D eigenvalue weighted by Crippen LogP contribution is 2.17. The van der Waals surface area contributed by atoms with E-state index >= 15 is 0 Å². The Hall–Kier alpha value is -2.36. The molecule has 0 saturated carbocycles. The van der Waals surface area contributed by atoms with Gasteiger partial charge in [0.05, 0.1) is 6.54 Å². The van der Waals surface area contributed by atoms with Crippen molar-refractivity contribution in [3.8, 4) is 0 Å². The minimum atomic E-state index is -0.281. The lowest BCUT2D eigenvalue weighted by molar-refractivity contribution is -0.115. The Morgan fingerprint density at radius 1 is 1.10 bits per heavy atom. The highest BCUT2D eigenvalue weighted by Gasteiger charge is 2.15. The van der Waals surface area contributed by atoms with E-state index in [4.69, 9.17) is 0 Å². The molecule has 0 aliphatic heterocycles. The van der Waals surface area contributed by atoms with Gasteiger partial charge in [0, 0.05) is 17.4 Å². The maximum absolute atomic E-state index is 13.0. The first kappa shape index (κ1) is 15.0. The smallest absolute Gasteiger partial charge is 0.243 e. The van der Waals surface area contributed by atoms with Gasteiger partial charge in [0.1, 0.15) is 5.82 Å². The molecule has 0 unspecified atom stereocenters. The SMILES string of the molecule is CC(C)N(CC(=O)Nc1ccccc1)c1ccc(F)cc1. The summed E-state index contributed by atoms with van der Waals surface area (Å²) in [5, 5.41) is 2.85. The van der Waals surface area contributed by atoms with E-state index in [1.165, 1.54) is 12.1 Å². The summed E-state index contributed by atoms with van der Waals surface area (Å²) in [6.07, 6.45) is 0. The number of hydrogen-bond donors (Lipinski definition) is 1. The zero-order valence-electron chi connectivity index (χ0n) is 12.2. The first-order chi connectivity index (χ1) is 10.1. The van der Waals surface area contributed by atoms with E-state index in [-0.39, 0.29) is 24.3 Å². The summed E-state index contributed by atoms with van der Waals surface area (Å²) in [5.41, 5.74) is 1.60. The number of hydrogen-bond acceptors (Lipinski definition) is 2. The summed E-state index contributed by atoms with van der Waals surface area (Å²) < 4.78 is 13.0. The summed E-state index contributed by atoms with van der Waals surface area (Å²) in [4.78, 5) is 14.1. The lowest BCUT2D eigenvalue weighted by Gasteiger charge is -2.28. The van der Waals surface area contributed by atoms with Crippen LogP contribution in [0.1, 0.15) is 13.8 Å². The van der Waals surface area contributed by atoms with Gasteiger partial charge in [-0.3, -0.25) is 4.79 Å². The summed E-state index contributed by atoms with van der Waals surface area (Å²) in [5.74, 6) is -0.379. The van der Waals surface area contributed by atoms with Gasteiger partial charge in [-0.2, -0.15) is 0 Å². The summed E-state index contributed by atoms with van der Waals surface area (Å²) in [6, 6.07) is 15.6. The zero-order valence-corrected chi connectivity index (χ0v) is 12.2. The lowest BCUT2D eigenvalue weighted by atomic mass is 10.2. The number of para-hydroxylation sites is 1. The Labute approximate surface area is 124 Å². The maximum Gasteiger partial charge on any atom is 0.243 e. The topological polar surface area (TPSA) is 32.3 Å². The fourth-order valence-corrected chi connectivity index (χ4v) is 2.08. The number of benzene rings is 2. The van der Waals surface area contributed by atoms with Crippen molar-refractivity contribution in [2.75, 3.05) is 16.8 Å². The van der Waals surface area contributed by atoms with E-state index in [0.717, 1.165) is 11.4 Å². The van der Waals surface area contributed by atoms with Crippen LogP contribution >= 0.6 is 0 Å². The fourth-order valence-electron chi connectivity index (χ4n) is 2.08. The van der Waals surface area contributed by atoms with Crippen LogP contribution < -0.4 is 10.2 Å². The van der Waals surface area contributed by atoms with Crippen molar-refractivity contribution in [3.05, 3.63) is 60.4 Å². The van der Waals surface area contributed by atoms with Crippen molar-refractivity contribution in [1.29, 1.82) is 0 Å². The van der Waals surface area contributed by atoms with Gasteiger partial charge in [0.15, 0.2) is 0 Å². The van der Waals surface area contributed by atoms with Crippen LogP contribution in [0.5, 0.6) is 0 Å². The van der Waals surface area contributed by atoms with Crippen molar-refractivity contribution in [3.63, 3.8) is 0 Å². The third-order valence-corrected chi connectivity index (χ3v) is 3.15. The van der Waals surface area contributed by atoms with Crippen LogP contribution in [0.4, 0.5) is 15.8 Å². The molecule has 0 heterocycles. The Bertz CT molecular complexity index is 581. The molecule has 0 atom stereocenters. The number of halogens is 1. The van der Waals surface area contributed by atoms with Crippen molar-refractivity contribution in [2.45, 2.75) is 19.9 Å². The largest absolute Gasteiger partial charge is 0.360 e. The molecule has 0 aliphatic carbocycles. The Kier molecular flexibility index (Phi) is 4.93. The van der Waals surface area contributed by atoms with Crippen LogP contribution in [0.2, 0.25) is 0 Å². The summed E-state index contributed by atoms with van der Waals surface area (Å²) in [7, 11) is 0. The Morgan fingerprint density at radius 2 is 1.71 bits per heavy atom. The van der Waals surface area contributed by atoms with Gasteiger partial charge in [-0.15, -0.1) is 0 Å². The van der Waals surface area contributed by atoms with Crippen molar-refractivity contribution in [2.24, 2.45) is 0 Å². The van der Waals surface area contributed by atoms with Crippen molar-refractivity contribution in [1.82, 2.24) is 0 Å². The predicted octanol–water partition coefficient (Wildman–Crippen LogP) is 3.68. The maximum atomic E-state index is 13.0. The number of nitrogens with zero attached hydrogens (tertiary/aromatic N) is 1. The molecule has 0 saturated heterocycles.